The Morgan fingerprint density at radius 3 is 2.67 bits per heavy atom. The normalized spacial score (nSPS) is 11.4. The van der Waals surface area contributed by atoms with Crippen LogP contribution in [0.1, 0.15) is 12.5 Å². The fourth-order valence-corrected chi connectivity index (χ4v) is 4.22. The van der Waals surface area contributed by atoms with Gasteiger partial charge in [-0.1, -0.05) is 24.6 Å². The summed E-state index contributed by atoms with van der Waals surface area (Å²) in [6, 6.07) is 6.66. The van der Waals surface area contributed by atoms with Crippen LogP contribution in [0.2, 0.25) is 5.02 Å². The molecular weight excluding hydrogens is 478 g/mol. The van der Waals surface area contributed by atoms with Crippen LogP contribution in [-0.4, -0.2) is 45.2 Å². The lowest BCUT2D eigenvalue weighted by atomic mass is 10.1. The molecule has 1 aromatic heterocycles. The maximum atomic E-state index is 14.7. The van der Waals surface area contributed by atoms with Crippen molar-refractivity contribution in [1.82, 2.24) is 15.5 Å². The van der Waals surface area contributed by atoms with Gasteiger partial charge in [-0.2, -0.15) is 4.98 Å². The van der Waals surface area contributed by atoms with Crippen molar-refractivity contribution in [3.63, 3.8) is 0 Å². The van der Waals surface area contributed by atoms with Gasteiger partial charge >= 0.3 is 0 Å². The van der Waals surface area contributed by atoms with Crippen molar-refractivity contribution in [3.05, 3.63) is 58.9 Å². The van der Waals surface area contributed by atoms with E-state index in [1.54, 1.807) is 18.2 Å². The molecule has 13 heteroatoms. The standard InChI is InChI=1S/C20H23ClF2N6O3S/c1-3-24-6-7-29(2)18-8-14(21)5-4-13(18)11-25-17-9-16(23)19(10-15(17)22)33(30,31)28-20-26-12-32-27-20/h4-5,8-10,12,24-25H,3,6-7,11H2,1-2H3,(H,27,28). The Labute approximate surface area is 195 Å². The number of halogens is 3. The Hall–Kier alpha value is -2.96. The highest BCUT2D eigenvalue weighted by Gasteiger charge is 2.23. The molecule has 0 atom stereocenters. The summed E-state index contributed by atoms with van der Waals surface area (Å²) < 4.78 is 60.3. The van der Waals surface area contributed by atoms with Crippen LogP contribution in [0.3, 0.4) is 0 Å². The second-order valence-corrected chi connectivity index (χ2v) is 9.11. The summed E-state index contributed by atoms with van der Waals surface area (Å²) in [5.41, 5.74) is 1.44. The highest BCUT2D eigenvalue weighted by Crippen LogP contribution is 2.28. The zero-order valence-corrected chi connectivity index (χ0v) is 19.5. The number of sulfonamides is 1. The highest BCUT2D eigenvalue weighted by molar-refractivity contribution is 7.92. The van der Waals surface area contributed by atoms with Crippen LogP contribution in [0, 0.1) is 11.6 Å². The van der Waals surface area contributed by atoms with Gasteiger partial charge in [0, 0.05) is 43.5 Å². The molecule has 0 saturated carbocycles. The summed E-state index contributed by atoms with van der Waals surface area (Å²) in [5, 5.41) is 9.89. The summed E-state index contributed by atoms with van der Waals surface area (Å²) in [5.74, 6) is -2.49. The quantitative estimate of drug-likeness (QED) is 0.343. The molecule has 0 radical (unpaired) electrons. The number of rotatable bonds is 11. The molecule has 3 aromatic rings. The summed E-state index contributed by atoms with van der Waals surface area (Å²) in [7, 11) is -2.55. The lowest BCUT2D eigenvalue weighted by molar-refractivity contribution is 0.419. The van der Waals surface area contributed by atoms with Gasteiger partial charge < -0.3 is 20.1 Å². The van der Waals surface area contributed by atoms with Gasteiger partial charge in [0.1, 0.15) is 16.5 Å². The molecule has 9 nitrogen and oxygen atoms in total. The highest BCUT2D eigenvalue weighted by atomic mass is 35.5. The molecule has 0 amide bonds. The van der Waals surface area contributed by atoms with Gasteiger partial charge in [0.2, 0.25) is 6.39 Å². The molecule has 2 aromatic carbocycles. The van der Waals surface area contributed by atoms with E-state index in [2.05, 4.69) is 25.3 Å². The van der Waals surface area contributed by atoms with Crippen molar-refractivity contribution in [2.75, 3.05) is 41.6 Å². The molecule has 0 aliphatic heterocycles. The fraction of sp³-hybridized carbons (Fsp3) is 0.300. The van der Waals surface area contributed by atoms with E-state index < -0.39 is 32.5 Å². The minimum atomic E-state index is -4.46. The maximum Gasteiger partial charge on any atom is 0.277 e. The van der Waals surface area contributed by atoms with Crippen molar-refractivity contribution >= 4 is 38.9 Å². The second-order valence-electron chi connectivity index (χ2n) is 7.02. The van der Waals surface area contributed by atoms with Gasteiger partial charge in [-0.15, -0.1) is 0 Å². The van der Waals surface area contributed by atoms with Gasteiger partial charge in [0.15, 0.2) is 0 Å². The van der Waals surface area contributed by atoms with Crippen LogP contribution in [-0.2, 0) is 16.6 Å². The molecule has 0 saturated heterocycles. The Morgan fingerprint density at radius 2 is 1.97 bits per heavy atom. The minimum Gasteiger partial charge on any atom is -0.378 e. The molecular formula is C20H23ClF2N6O3S. The summed E-state index contributed by atoms with van der Waals surface area (Å²) in [6.45, 7) is 4.49. The third-order valence-corrected chi connectivity index (χ3v) is 6.28. The van der Waals surface area contributed by atoms with Crippen molar-refractivity contribution in [1.29, 1.82) is 0 Å². The minimum absolute atomic E-state index is 0.154. The predicted octanol–water partition coefficient (Wildman–Crippen LogP) is 3.46. The first-order chi connectivity index (χ1) is 15.7. The smallest absolute Gasteiger partial charge is 0.277 e. The van der Waals surface area contributed by atoms with E-state index in [1.807, 2.05) is 23.6 Å². The number of aromatic nitrogens is 2. The first-order valence-corrected chi connectivity index (χ1v) is 11.8. The third-order valence-electron chi connectivity index (χ3n) is 4.70. The Balaban J connectivity index is 1.78. The SMILES string of the molecule is CCNCCN(C)c1cc(Cl)ccc1CNc1cc(F)c(S(=O)(=O)Nc2ncon2)cc1F. The number of hydrogen-bond donors (Lipinski definition) is 3. The first kappa shape index (κ1) is 24.7. The molecule has 0 aliphatic rings. The molecule has 1 heterocycles. The first-order valence-electron chi connectivity index (χ1n) is 9.93. The van der Waals surface area contributed by atoms with Crippen LogP contribution >= 0.6 is 11.6 Å². The van der Waals surface area contributed by atoms with E-state index in [1.165, 1.54) is 0 Å². The van der Waals surface area contributed by atoms with Crippen LogP contribution in [0.4, 0.5) is 26.1 Å². The van der Waals surface area contributed by atoms with E-state index in [4.69, 9.17) is 11.6 Å². The van der Waals surface area contributed by atoms with Crippen LogP contribution in [0.15, 0.2) is 46.1 Å². The number of hydrogen-bond acceptors (Lipinski definition) is 8. The second kappa shape index (κ2) is 10.8. The number of likely N-dealkylation sites (N-methyl/N-ethyl adjacent to an activating group) is 2. The van der Waals surface area contributed by atoms with Crippen LogP contribution in [0.25, 0.3) is 0 Å². The van der Waals surface area contributed by atoms with Gasteiger partial charge in [-0.05, 0) is 35.5 Å². The maximum absolute atomic E-state index is 14.7. The largest absolute Gasteiger partial charge is 0.378 e. The van der Waals surface area contributed by atoms with Crippen LogP contribution in [0.5, 0.6) is 0 Å². The average Bonchev–Trinajstić information content (AvgIpc) is 3.27. The van der Waals surface area contributed by atoms with Crippen molar-refractivity contribution in [3.8, 4) is 0 Å². The molecule has 3 N–H and O–H groups in total. The van der Waals surface area contributed by atoms with E-state index in [0.717, 1.165) is 36.8 Å². The van der Waals surface area contributed by atoms with Crippen molar-refractivity contribution in [2.45, 2.75) is 18.4 Å². The summed E-state index contributed by atoms with van der Waals surface area (Å²) in [6.07, 6.45) is 0.893. The Morgan fingerprint density at radius 1 is 1.18 bits per heavy atom. The number of nitrogens with zero attached hydrogens (tertiary/aromatic N) is 3. The molecule has 0 unspecified atom stereocenters. The summed E-state index contributed by atoms with van der Waals surface area (Å²) >= 11 is 6.15. The van der Waals surface area contributed by atoms with Gasteiger partial charge in [-0.3, -0.25) is 0 Å². The number of nitrogens with one attached hydrogen (secondary N) is 3. The third kappa shape index (κ3) is 6.30. The zero-order chi connectivity index (χ0) is 24.0. The molecule has 0 aliphatic carbocycles. The lowest BCUT2D eigenvalue weighted by Crippen LogP contribution is -2.29. The average molecular weight is 501 g/mol. The molecule has 178 valence electrons. The predicted molar refractivity (Wildman–Crippen MR) is 122 cm³/mol. The van der Waals surface area contributed by atoms with Gasteiger partial charge in [-0.25, -0.2) is 21.9 Å². The Bertz CT molecular complexity index is 1190. The van der Waals surface area contributed by atoms with Gasteiger partial charge in [0.05, 0.1) is 5.69 Å². The zero-order valence-electron chi connectivity index (χ0n) is 17.9. The fourth-order valence-electron chi connectivity index (χ4n) is 3.04. The van der Waals surface area contributed by atoms with E-state index in [9.17, 15) is 17.2 Å². The summed E-state index contributed by atoms with van der Waals surface area (Å²) in [4.78, 5) is 4.62. The topological polar surface area (TPSA) is 112 Å². The molecule has 0 spiro atoms. The van der Waals surface area contributed by atoms with E-state index in [0.29, 0.717) is 17.6 Å². The molecule has 3 rings (SSSR count). The van der Waals surface area contributed by atoms with Crippen molar-refractivity contribution in [2.24, 2.45) is 0 Å². The molecule has 0 fully saturated rings. The van der Waals surface area contributed by atoms with E-state index >= 15 is 0 Å². The van der Waals surface area contributed by atoms with Crippen molar-refractivity contribution < 1.29 is 21.7 Å². The monoisotopic (exact) mass is 500 g/mol. The van der Waals surface area contributed by atoms with E-state index in [-0.39, 0.29) is 12.2 Å². The van der Waals surface area contributed by atoms with Gasteiger partial charge in [0.25, 0.3) is 16.0 Å². The number of anilines is 3. The molecule has 0 bridgehead atoms. The lowest BCUT2D eigenvalue weighted by Gasteiger charge is -2.23. The Kier molecular flexibility index (Phi) is 8.06. The van der Waals surface area contributed by atoms with Crippen LogP contribution < -0.4 is 20.3 Å². The number of benzene rings is 2. The molecule has 33 heavy (non-hydrogen) atoms.